The molecule has 0 saturated heterocycles. The van der Waals surface area contributed by atoms with E-state index in [4.69, 9.17) is 4.74 Å². The zero-order valence-electron chi connectivity index (χ0n) is 12.0. The number of anilines is 2. The summed E-state index contributed by atoms with van der Waals surface area (Å²) in [7, 11) is 0. The van der Waals surface area contributed by atoms with E-state index in [1.807, 2.05) is 13.0 Å². The topological polar surface area (TPSA) is 81.2 Å². The molecule has 0 spiro atoms. The van der Waals surface area contributed by atoms with Gasteiger partial charge < -0.3 is 10.1 Å². The average molecular weight is 305 g/mol. The van der Waals surface area contributed by atoms with Crippen LogP contribution in [0.15, 0.2) is 18.5 Å². The SMILES string of the molecule is CCOC(=O)c1nc(Nc2cncc(C)c2)sc1C(C)=O. The predicted molar refractivity (Wildman–Crippen MR) is 80.3 cm³/mol. The molecule has 110 valence electrons. The molecule has 7 heteroatoms. The van der Waals surface area contributed by atoms with Crippen molar-refractivity contribution in [1.29, 1.82) is 0 Å². The summed E-state index contributed by atoms with van der Waals surface area (Å²) in [6.45, 7) is 5.26. The van der Waals surface area contributed by atoms with Gasteiger partial charge in [-0.15, -0.1) is 0 Å². The summed E-state index contributed by atoms with van der Waals surface area (Å²) in [5, 5.41) is 3.50. The number of esters is 1. The van der Waals surface area contributed by atoms with Crippen molar-refractivity contribution in [1.82, 2.24) is 9.97 Å². The molecule has 0 aliphatic carbocycles. The Morgan fingerprint density at radius 1 is 1.38 bits per heavy atom. The monoisotopic (exact) mass is 305 g/mol. The lowest BCUT2D eigenvalue weighted by Crippen LogP contribution is -2.09. The van der Waals surface area contributed by atoms with Gasteiger partial charge in [-0.05, 0) is 25.5 Å². The number of carbonyl (C=O) groups is 2. The van der Waals surface area contributed by atoms with Crippen molar-refractivity contribution >= 4 is 33.9 Å². The lowest BCUT2D eigenvalue weighted by atomic mass is 10.3. The number of rotatable bonds is 5. The summed E-state index contributed by atoms with van der Waals surface area (Å²) in [5.74, 6) is -0.805. The first-order valence-electron chi connectivity index (χ1n) is 6.38. The van der Waals surface area contributed by atoms with Crippen LogP contribution in [0, 0.1) is 6.92 Å². The standard InChI is InChI=1S/C14H15N3O3S/c1-4-20-13(19)11-12(9(3)18)21-14(17-11)16-10-5-8(2)6-15-7-10/h5-7H,4H2,1-3H3,(H,16,17). The number of Topliss-reactive ketones (excluding diaryl/α,β-unsaturated/α-hetero) is 1. The van der Waals surface area contributed by atoms with Crippen LogP contribution < -0.4 is 5.32 Å². The van der Waals surface area contributed by atoms with Crippen LogP contribution in [0.5, 0.6) is 0 Å². The maximum Gasteiger partial charge on any atom is 0.358 e. The third-order valence-corrected chi connectivity index (χ3v) is 3.61. The Labute approximate surface area is 126 Å². The molecule has 2 heterocycles. The molecule has 2 rings (SSSR count). The first-order chi connectivity index (χ1) is 10.0. The largest absolute Gasteiger partial charge is 0.461 e. The van der Waals surface area contributed by atoms with Gasteiger partial charge in [0.15, 0.2) is 16.6 Å². The zero-order valence-corrected chi connectivity index (χ0v) is 12.8. The van der Waals surface area contributed by atoms with Crippen LogP contribution in [0.3, 0.4) is 0 Å². The molecule has 0 saturated carbocycles. The maximum atomic E-state index is 11.8. The molecule has 2 aromatic heterocycles. The quantitative estimate of drug-likeness (QED) is 0.675. The number of hydrogen-bond donors (Lipinski definition) is 1. The Kier molecular flexibility index (Phi) is 4.64. The van der Waals surface area contributed by atoms with E-state index in [1.54, 1.807) is 19.3 Å². The minimum Gasteiger partial charge on any atom is -0.461 e. The number of nitrogens with zero attached hydrogens (tertiary/aromatic N) is 2. The number of aryl methyl sites for hydroxylation is 1. The maximum absolute atomic E-state index is 11.8. The summed E-state index contributed by atoms with van der Waals surface area (Å²) in [4.78, 5) is 31.9. The van der Waals surface area contributed by atoms with E-state index in [0.29, 0.717) is 5.13 Å². The molecular formula is C14H15N3O3S. The number of ketones is 1. The summed E-state index contributed by atoms with van der Waals surface area (Å²) in [6, 6.07) is 1.89. The first-order valence-corrected chi connectivity index (χ1v) is 7.20. The summed E-state index contributed by atoms with van der Waals surface area (Å²) in [5.41, 5.74) is 1.79. The third-order valence-electron chi connectivity index (χ3n) is 2.54. The molecule has 0 unspecified atom stereocenters. The van der Waals surface area contributed by atoms with E-state index in [1.165, 1.54) is 6.92 Å². The number of pyridine rings is 1. The van der Waals surface area contributed by atoms with Crippen molar-refractivity contribution in [3.05, 3.63) is 34.6 Å². The predicted octanol–water partition coefficient (Wildman–Crippen LogP) is 2.97. The summed E-state index contributed by atoms with van der Waals surface area (Å²) < 4.78 is 4.91. The minimum absolute atomic E-state index is 0.0532. The van der Waals surface area contributed by atoms with Crippen LogP contribution in [0.1, 0.15) is 39.6 Å². The van der Waals surface area contributed by atoms with Gasteiger partial charge in [0.25, 0.3) is 0 Å². The highest BCUT2D eigenvalue weighted by atomic mass is 32.1. The van der Waals surface area contributed by atoms with Crippen LogP contribution in [-0.2, 0) is 4.74 Å². The fourth-order valence-corrected chi connectivity index (χ4v) is 2.57. The van der Waals surface area contributed by atoms with E-state index in [-0.39, 0.29) is 23.0 Å². The second kappa shape index (κ2) is 6.45. The van der Waals surface area contributed by atoms with E-state index < -0.39 is 5.97 Å². The van der Waals surface area contributed by atoms with Gasteiger partial charge in [0.05, 0.1) is 18.5 Å². The van der Waals surface area contributed by atoms with Crippen LogP contribution >= 0.6 is 11.3 Å². The molecule has 0 aromatic carbocycles. The minimum atomic E-state index is -0.589. The number of thiazole rings is 1. The van der Waals surface area contributed by atoms with Gasteiger partial charge in [0.2, 0.25) is 0 Å². The highest BCUT2D eigenvalue weighted by Crippen LogP contribution is 2.27. The van der Waals surface area contributed by atoms with Crippen molar-refractivity contribution < 1.29 is 14.3 Å². The molecule has 21 heavy (non-hydrogen) atoms. The smallest absolute Gasteiger partial charge is 0.358 e. The second-order valence-electron chi connectivity index (χ2n) is 4.35. The number of ether oxygens (including phenoxy) is 1. The molecule has 0 bridgehead atoms. The average Bonchev–Trinajstić information content (AvgIpc) is 2.83. The lowest BCUT2D eigenvalue weighted by molar-refractivity contribution is 0.0517. The number of carbonyl (C=O) groups excluding carboxylic acids is 2. The van der Waals surface area contributed by atoms with Gasteiger partial charge >= 0.3 is 5.97 Å². The summed E-state index contributed by atoms with van der Waals surface area (Å²) in [6.07, 6.45) is 3.38. The van der Waals surface area contributed by atoms with Crippen molar-refractivity contribution in [2.24, 2.45) is 0 Å². The van der Waals surface area contributed by atoms with Gasteiger partial charge in [-0.25, -0.2) is 9.78 Å². The molecule has 0 aliphatic rings. The van der Waals surface area contributed by atoms with Gasteiger partial charge in [-0.3, -0.25) is 9.78 Å². The highest BCUT2D eigenvalue weighted by Gasteiger charge is 2.22. The molecule has 6 nitrogen and oxygen atoms in total. The van der Waals surface area contributed by atoms with E-state index in [2.05, 4.69) is 15.3 Å². The Bertz CT molecular complexity index is 682. The number of hydrogen-bond acceptors (Lipinski definition) is 7. The zero-order chi connectivity index (χ0) is 15.4. The molecule has 0 aliphatic heterocycles. The van der Waals surface area contributed by atoms with Gasteiger partial charge in [-0.1, -0.05) is 11.3 Å². The van der Waals surface area contributed by atoms with E-state index >= 15 is 0 Å². The van der Waals surface area contributed by atoms with Crippen molar-refractivity contribution in [3.8, 4) is 0 Å². The Morgan fingerprint density at radius 2 is 2.14 bits per heavy atom. The Balaban J connectivity index is 2.31. The molecular weight excluding hydrogens is 290 g/mol. The van der Waals surface area contributed by atoms with Gasteiger partial charge in [0.1, 0.15) is 4.88 Å². The molecule has 0 fully saturated rings. The van der Waals surface area contributed by atoms with Crippen LogP contribution in [0.2, 0.25) is 0 Å². The van der Waals surface area contributed by atoms with Crippen LogP contribution in [0.4, 0.5) is 10.8 Å². The Morgan fingerprint density at radius 3 is 2.76 bits per heavy atom. The van der Waals surface area contributed by atoms with Crippen molar-refractivity contribution in [3.63, 3.8) is 0 Å². The van der Waals surface area contributed by atoms with E-state index in [9.17, 15) is 9.59 Å². The molecule has 2 aromatic rings. The third kappa shape index (κ3) is 3.63. The lowest BCUT2D eigenvalue weighted by Gasteiger charge is -2.02. The highest BCUT2D eigenvalue weighted by molar-refractivity contribution is 7.17. The van der Waals surface area contributed by atoms with Gasteiger partial charge in [0, 0.05) is 13.1 Å². The molecule has 0 atom stereocenters. The normalized spacial score (nSPS) is 10.2. The molecule has 1 N–H and O–H groups in total. The van der Waals surface area contributed by atoms with Gasteiger partial charge in [-0.2, -0.15) is 0 Å². The van der Waals surface area contributed by atoms with Crippen molar-refractivity contribution in [2.45, 2.75) is 20.8 Å². The molecule has 0 radical (unpaired) electrons. The fraction of sp³-hybridized carbons (Fsp3) is 0.286. The van der Waals surface area contributed by atoms with Crippen LogP contribution in [-0.4, -0.2) is 28.3 Å². The first kappa shape index (κ1) is 15.1. The summed E-state index contributed by atoms with van der Waals surface area (Å²) >= 11 is 1.12. The molecule has 0 amide bonds. The fourth-order valence-electron chi connectivity index (χ4n) is 1.70. The number of aromatic nitrogens is 2. The van der Waals surface area contributed by atoms with E-state index in [0.717, 1.165) is 22.6 Å². The second-order valence-corrected chi connectivity index (χ2v) is 5.35. The number of nitrogens with one attached hydrogen (secondary N) is 1. The van der Waals surface area contributed by atoms with Crippen LogP contribution in [0.25, 0.3) is 0 Å². The Hall–Kier alpha value is -2.28. The van der Waals surface area contributed by atoms with Crippen molar-refractivity contribution in [2.75, 3.05) is 11.9 Å².